The highest BCUT2D eigenvalue weighted by atomic mass is 35.5. The van der Waals surface area contributed by atoms with Crippen molar-refractivity contribution in [1.29, 1.82) is 0 Å². The Morgan fingerprint density at radius 2 is 1.91 bits per heavy atom. The van der Waals surface area contributed by atoms with Crippen LogP contribution >= 0.6 is 23.8 Å². The maximum Gasteiger partial charge on any atom is 0.295 e. The number of nitro benzene ring substituents is 1. The molecule has 0 heterocycles. The van der Waals surface area contributed by atoms with Crippen LogP contribution in [0.2, 0.25) is 5.02 Å². The minimum Gasteiger partial charge on any atom is -0.332 e. The Morgan fingerprint density at radius 1 is 1.23 bits per heavy atom. The summed E-state index contributed by atoms with van der Waals surface area (Å²) in [6.07, 6.45) is 0. The topological polar surface area (TPSA) is 67.2 Å². The lowest BCUT2D eigenvalue weighted by atomic mass is 10.2. The third-order valence-corrected chi connectivity index (χ3v) is 3.29. The second kappa shape index (κ2) is 6.67. The van der Waals surface area contributed by atoms with Crippen LogP contribution in [-0.4, -0.2) is 10.0 Å². The predicted octanol–water partition coefficient (Wildman–Crippen LogP) is 4.50. The van der Waals surface area contributed by atoms with E-state index < -0.39 is 16.4 Å². The summed E-state index contributed by atoms with van der Waals surface area (Å²) in [5.41, 5.74) is 1.28. The molecule has 0 fully saturated rings. The van der Waals surface area contributed by atoms with E-state index in [1.165, 1.54) is 6.07 Å². The van der Waals surface area contributed by atoms with Crippen molar-refractivity contribution in [2.24, 2.45) is 0 Å². The molecule has 2 aromatic rings. The van der Waals surface area contributed by atoms with Crippen LogP contribution in [-0.2, 0) is 0 Å². The maximum atomic E-state index is 13.1. The van der Waals surface area contributed by atoms with Crippen molar-refractivity contribution < 1.29 is 9.31 Å². The van der Waals surface area contributed by atoms with Crippen LogP contribution in [0.3, 0.4) is 0 Å². The highest BCUT2D eigenvalue weighted by Gasteiger charge is 2.16. The van der Waals surface area contributed by atoms with Gasteiger partial charge in [-0.25, -0.2) is 4.39 Å². The molecule has 0 saturated heterocycles. The van der Waals surface area contributed by atoms with Gasteiger partial charge in [-0.15, -0.1) is 0 Å². The number of thiocarbonyl (C=S) groups is 1. The number of nitro groups is 1. The molecule has 0 atom stereocenters. The van der Waals surface area contributed by atoms with Gasteiger partial charge >= 0.3 is 0 Å². The van der Waals surface area contributed by atoms with E-state index in [9.17, 15) is 14.5 Å². The zero-order chi connectivity index (χ0) is 16.3. The van der Waals surface area contributed by atoms with Gasteiger partial charge in [0.1, 0.15) is 11.5 Å². The van der Waals surface area contributed by atoms with Crippen LogP contribution in [0.4, 0.5) is 21.5 Å². The van der Waals surface area contributed by atoms with Gasteiger partial charge in [-0.3, -0.25) is 10.1 Å². The van der Waals surface area contributed by atoms with Gasteiger partial charge < -0.3 is 10.6 Å². The molecule has 0 radical (unpaired) electrons. The zero-order valence-corrected chi connectivity index (χ0v) is 13.0. The second-order valence-corrected chi connectivity index (χ2v) is 5.30. The van der Waals surface area contributed by atoms with E-state index in [2.05, 4.69) is 10.6 Å². The second-order valence-electron chi connectivity index (χ2n) is 4.46. The number of benzene rings is 2. The maximum absolute atomic E-state index is 13.1. The van der Waals surface area contributed by atoms with Crippen molar-refractivity contribution in [1.82, 2.24) is 0 Å². The number of anilines is 2. The first-order valence-corrected chi connectivity index (χ1v) is 6.93. The Bertz CT molecular complexity index is 755. The summed E-state index contributed by atoms with van der Waals surface area (Å²) in [6, 6.07) is 8.44. The molecule has 114 valence electrons. The predicted molar refractivity (Wildman–Crippen MR) is 89.1 cm³/mol. The highest BCUT2D eigenvalue weighted by molar-refractivity contribution is 7.80. The summed E-state index contributed by atoms with van der Waals surface area (Å²) in [5, 5.41) is 17.2. The van der Waals surface area contributed by atoms with E-state index in [-0.39, 0.29) is 10.8 Å². The van der Waals surface area contributed by atoms with Crippen LogP contribution in [0.25, 0.3) is 0 Å². The van der Waals surface area contributed by atoms with Gasteiger partial charge in [0.05, 0.1) is 11.0 Å². The summed E-state index contributed by atoms with van der Waals surface area (Å²) < 4.78 is 13.1. The van der Waals surface area contributed by atoms with Gasteiger partial charge in [-0.2, -0.15) is 0 Å². The molecule has 22 heavy (non-hydrogen) atoms. The van der Waals surface area contributed by atoms with Crippen LogP contribution in [0.1, 0.15) is 5.56 Å². The van der Waals surface area contributed by atoms with Crippen LogP contribution in [0, 0.1) is 22.9 Å². The molecule has 0 aliphatic rings. The average Bonchev–Trinajstić information content (AvgIpc) is 2.44. The molecular formula is C14H11ClFN3O2S. The normalized spacial score (nSPS) is 10.1. The molecule has 8 heteroatoms. The van der Waals surface area contributed by atoms with E-state index in [4.69, 9.17) is 23.8 Å². The number of hydrogen-bond acceptors (Lipinski definition) is 3. The SMILES string of the molecule is Cc1ccc(Cl)cc1NC(=S)Nc1ccc(F)cc1[N+](=O)[O-]. The van der Waals surface area contributed by atoms with Gasteiger partial charge in [-0.1, -0.05) is 17.7 Å². The number of nitrogens with one attached hydrogen (secondary N) is 2. The number of nitrogens with zero attached hydrogens (tertiary/aromatic N) is 1. The number of aryl methyl sites for hydroxylation is 1. The zero-order valence-electron chi connectivity index (χ0n) is 11.4. The van der Waals surface area contributed by atoms with E-state index in [1.54, 1.807) is 12.1 Å². The standard InChI is InChI=1S/C14H11ClFN3O2S/c1-8-2-3-9(15)6-12(8)18-14(22)17-11-5-4-10(16)7-13(11)19(20)21/h2-7H,1H3,(H2,17,18,22). The highest BCUT2D eigenvalue weighted by Crippen LogP contribution is 2.26. The van der Waals surface area contributed by atoms with Crippen molar-refractivity contribution in [3.8, 4) is 0 Å². The van der Waals surface area contributed by atoms with E-state index in [0.717, 1.165) is 17.7 Å². The van der Waals surface area contributed by atoms with E-state index >= 15 is 0 Å². The lowest BCUT2D eigenvalue weighted by Gasteiger charge is -2.13. The molecule has 0 unspecified atom stereocenters. The van der Waals surface area contributed by atoms with Gasteiger partial charge in [0.25, 0.3) is 5.69 Å². The molecule has 0 saturated carbocycles. The number of rotatable bonds is 3. The van der Waals surface area contributed by atoms with Gasteiger partial charge in [-0.05, 0) is 49.0 Å². The third-order valence-electron chi connectivity index (χ3n) is 2.85. The fourth-order valence-electron chi connectivity index (χ4n) is 1.77. The van der Waals surface area contributed by atoms with Crippen LogP contribution in [0.5, 0.6) is 0 Å². The summed E-state index contributed by atoms with van der Waals surface area (Å²) in [7, 11) is 0. The van der Waals surface area contributed by atoms with Gasteiger partial charge in [0, 0.05) is 10.7 Å². The largest absolute Gasteiger partial charge is 0.332 e. The minimum absolute atomic E-state index is 0.101. The average molecular weight is 340 g/mol. The molecule has 0 spiro atoms. The molecular weight excluding hydrogens is 329 g/mol. The van der Waals surface area contributed by atoms with Crippen molar-refractivity contribution >= 4 is 46.0 Å². The molecule has 0 aliphatic carbocycles. The fourth-order valence-corrected chi connectivity index (χ4v) is 2.16. The summed E-state index contributed by atoms with van der Waals surface area (Å²) in [5.74, 6) is -0.693. The first-order valence-electron chi connectivity index (χ1n) is 6.15. The van der Waals surface area contributed by atoms with E-state index in [0.29, 0.717) is 10.7 Å². The van der Waals surface area contributed by atoms with Crippen LogP contribution in [0.15, 0.2) is 36.4 Å². The lowest BCUT2D eigenvalue weighted by molar-refractivity contribution is -0.384. The molecule has 0 amide bonds. The van der Waals surface area contributed by atoms with Crippen LogP contribution < -0.4 is 10.6 Å². The van der Waals surface area contributed by atoms with Gasteiger partial charge in [0.15, 0.2) is 5.11 Å². The van der Waals surface area contributed by atoms with Gasteiger partial charge in [0.2, 0.25) is 0 Å². The van der Waals surface area contributed by atoms with Crippen molar-refractivity contribution in [2.75, 3.05) is 10.6 Å². The first kappa shape index (κ1) is 16.1. The third kappa shape index (κ3) is 3.90. The molecule has 2 N–H and O–H groups in total. The fraction of sp³-hybridized carbons (Fsp3) is 0.0714. The molecule has 5 nitrogen and oxygen atoms in total. The van der Waals surface area contributed by atoms with Crippen molar-refractivity contribution in [2.45, 2.75) is 6.92 Å². The molecule has 2 rings (SSSR count). The molecule has 0 aromatic heterocycles. The Balaban J connectivity index is 2.19. The minimum atomic E-state index is -0.693. The quantitative estimate of drug-likeness (QED) is 0.489. The van der Waals surface area contributed by atoms with Crippen molar-refractivity contribution in [3.63, 3.8) is 0 Å². The smallest absolute Gasteiger partial charge is 0.295 e. The molecule has 2 aromatic carbocycles. The Morgan fingerprint density at radius 3 is 2.59 bits per heavy atom. The molecule has 0 bridgehead atoms. The lowest BCUT2D eigenvalue weighted by Crippen LogP contribution is -2.20. The Kier molecular flexibility index (Phi) is 4.89. The number of halogens is 2. The Hall–Kier alpha value is -2.25. The summed E-state index contributed by atoms with van der Waals surface area (Å²) >= 11 is 11.0. The van der Waals surface area contributed by atoms with E-state index in [1.807, 2.05) is 13.0 Å². The summed E-state index contributed by atoms with van der Waals surface area (Å²) in [6.45, 7) is 1.86. The summed E-state index contributed by atoms with van der Waals surface area (Å²) in [4.78, 5) is 10.2. The van der Waals surface area contributed by atoms with Crippen molar-refractivity contribution in [3.05, 3.63) is 62.9 Å². The first-order chi connectivity index (χ1) is 10.4. The molecule has 0 aliphatic heterocycles. The Labute approximate surface area is 136 Å². The number of hydrogen-bond donors (Lipinski definition) is 2. The monoisotopic (exact) mass is 339 g/mol.